The molecule has 2 N–H and O–H groups in total. The molecule has 1 rings (SSSR count). The number of halogens is 3. The smallest absolute Gasteiger partial charge is 0.355 e. The van der Waals surface area contributed by atoms with E-state index in [0.717, 1.165) is 12.5 Å². The molecule has 17 heavy (non-hydrogen) atoms. The highest BCUT2D eigenvalue weighted by molar-refractivity contribution is 5.48. The van der Waals surface area contributed by atoms with Crippen molar-refractivity contribution in [2.75, 3.05) is 24.5 Å². The first kappa shape index (κ1) is 13.8. The predicted molar refractivity (Wildman–Crippen MR) is 60.8 cm³/mol. The number of pyridine rings is 1. The fourth-order valence-electron chi connectivity index (χ4n) is 1.62. The minimum atomic E-state index is -4.38. The first-order valence-corrected chi connectivity index (χ1v) is 5.48. The molecule has 3 nitrogen and oxygen atoms in total. The number of alkyl halides is 3. The molecular weight excluding hydrogens is 231 g/mol. The first-order valence-electron chi connectivity index (χ1n) is 5.48. The highest BCUT2D eigenvalue weighted by Crippen LogP contribution is 2.34. The van der Waals surface area contributed by atoms with E-state index >= 15 is 0 Å². The summed E-state index contributed by atoms with van der Waals surface area (Å²) in [6.45, 7) is 3.08. The SMILES string of the molecule is CCCN(CCN)c1ncccc1C(F)(F)F. The van der Waals surface area contributed by atoms with Crippen LogP contribution in [-0.2, 0) is 6.18 Å². The summed E-state index contributed by atoms with van der Waals surface area (Å²) in [6.07, 6.45) is -2.28. The molecule has 1 aromatic heterocycles. The monoisotopic (exact) mass is 247 g/mol. The number of rotatable bonds is 5. The third-order valence-corrected chi connectivity index (χ3v) is 2.28. The zero-order chi connectivity index (χ0) is 12.9. The molecule has 96 valence electrons. The van der Waals surface area contributed by atoms with Gasteiger partial charge in [-0.3, -0.25) is 0 Å². The normalized spacial score (nSPS) is 11.6. The third kappa shape index (κ3) is 3.59. The van der Waals surface area contributed by atoms with Crippen LogP contribution in [0.1, 0.15) is 18.9 Å². The fourth-order valence-corrected chi connectivity index (χ4v) is 1.62. The lowest BCUT2D eigenvalue weighted by atomic mass is 10.2. The van der Waals surface area contributed by atoms with Crippen molar-refractivity contribution in [2.24, 2.45) is 5.73 Å². The number of nitrogens with zero attached hydrogens (tertiary/aromatic N) is 2. The minimum absolute atomic E-state index is 0.0349. The Labute approximate surface area is 98.4 Å². The Bertz CT molecular complexity index is 346. The van der Waals surface area contributed by atoms with Crippen molar-refractivity contribution in [2.45, 2.75) is 19.5 Å². The standard InChI is InChI=1S/C11H16F3N3/c1-2-7-17(8-5-15)10-9(11(12,13)14)4-3-6-16-10/h3-4,6H,2,5,7-8,15H2,1H3. The van der Waals surface area contributed by atoms with Gasteiger partial charge in [-0.2, -0.15) is 13.2 Å². The Balaban J connectivity index is 3.09. The third-order valence-electron chi connectivity index (χ3n) is 2.28. The van der Waals surface area contributed by atoms with Crippen LogP contribution in [0.25, 0.3) is 0 Å². The molecule has 0 atom stereocenters. The molecule has 6 heteroatoms. The van der Waals surface area contributed by atoms with Crippen molar-refractivity contribution >= 4 is 5.82 Å². The molecule has 0 fully saturated rings. The highest BCUT2D eigenvalue weighted by Gasteiger charge is 2.35. The van der Waals surface area contributed by atoms with Gasteiger partial charge in [-0.1, -0.05) is 6.92 Å². The Morgan fingerprint density at radius 3 is 2.59 bits per heavy atom. The molecule has 0 aliphatic heterocycles. The molecule has 1 heterocycles. The topological polar surface area (TPSA) is 42.1 Å². The van der Waals surface area contributed by atoms with Gasteiger partial charge in [0.15, 0.2) is 0 Å². The Morgan fingerprint density at radius 2 is 2.06 bits per heavy atom. The molecule has 0 aliphatic rings. The summed E-state index contributed by atoms with van der Waals surface area (Å²) in [4.78, 5) is 5.41. The molecule has 0 bridgehead atoms. The fraction of sp³-hybridized carbons (Fsp3) is 0.545. The quantitative estimate of drug-likeness (QED) is 0.868. The number of nitrogens with two attached hydrogens (primary N) is 1. The minimum Gasteiger partial charge on any atom is -0.355 e. The van der Waals surface area contributed by atoms with Crippen LogP contribution in [0.4, 0.5) is 19.0 Å². The maximum Gasteiger partial charge on any atom is 0.419 e. The van der Waals surface area contributed by atoms with Crippen LogP contribution in [-0.4, -0.2) is 24.6 Å². The van der Waals surface area contributed by atoms with Crippen molar-refractivity contribution in [3.05, 3.63) is 23.9 Å². The van der Waals surface area contributed by atoms with E-state index in [4.69, 9.17) is 5.73 Å². The number of hydrogen-bond donors (Lipinski definition) is 1. The van der Waals surface area contributed by atoms with Gasteiger partial charge >= 0.3 is 6.18 Å². The molecule has 0 amide bonds. The molecule has 0 unspecified atom stereocenters. The van der Waals surface area contributed by atoms with Gasteiger partial charge in [-0.25, -0.2) is 4.98 Å². The van der Waals surface area contributed by atoms with Gasteiger partial charge in [0.25, 0.3) is 0 Å². The summed E-state index contributed by atoms with van der Waals surface area (Å²) < 4.78 is 38.4. The van der Waals surface area contributed by atoms with Crippen LogP contribution in [0.3, 0.4) is 0 Å². The van der Waals surface area contributed by atoms with E-state index in [1.807, 2.05) is 6.92 Å². The molecule has 0 aromatic carbocycles. The lowest BCUT2D eigenvalue weighted by Gasteiger charge is -2.25. The average molecular weight is 247 g/mol. The number of anilines is 1. The summed E-state index contributed by atoms with van der Waals surface area (Å²) in [5.41, 5.74) is 4.70. The van der Waals surface area contributed by atoms with E-state index in [2.05, 4.69) is 4.98 Å². The molecule has 0 saturated heterocycles. The maximum atomic E-state index is 12.8. The lowest BCUT2D eigenvalue weighted by molar-refractivity contribution is -0.137. The van der Waals surface area contributed by atoms with E-state index in [0.29, 0.717) is 19.6 Å². The van der Waals surface area contributed by atoms with Gasteiger partial charge in [-0.05, 0) is 18.6 Å². The second-order valence-corrected chi connectivity index (χ2v) is 3.65. The van der Waals surface area contributed by atoms with Crippen molar-refractivity contribution in [3.63, 3.8) is 0 Å². The van der Waals surface area contributed by atoms with Gasteiger partial charge in [0.2, 0.25) is 0 Å². The largest absolute Gasteiger partial charge is 0.419 e. The van der Waals surface area contributed by atoms with Crippen molar-refractivity contribution in [3.8, 4) is 0 Å². The zero-order valence-corrected chi connectivity index (χ0v) is 9.67. The van der Waals surface area contributed by atoms with Crippen LogP contribution in [0.5, 0.6) is 0 Å². The second-order valence-electron chi connectivity index (χ2n) is 3.65. The summed E-state index contributed by atoms with van der Waals surface area (Å²) >= 11 is 0. The van der Waals surface area contributed by atoms with Crippen molar-refractivity contribution < 1.29 is 13.2 Å². The lowest BCUT2D eigenvalue weighted by Crippen LogP contribution is -2.32. The summed E-state index contributed by atoms with van der Waals surface area (Å²) in [6, 6.07) is 2.33. The van der Waals surface area contributed by atoms with E-state index in [1.165, 1.54) is 12.3 Å². The van der Waals surface area contributed by atoms with Gasteiger partial charge in [-0.15, -0.1) is 0 Å². The molecule has 0 spiro atoms. The van der Waals surface area contributed by atoms with Gasteiger partial charge in [0.05, 0.1) is 5.56 Å². The molecule has 1 aromatic rings. The van der Waals surface area contributed by atoms with Crippen molar-refractivity contribution in [1.29, 1.82) is 0 Å². The summed E-state index contributed by atoms with van der Waals surface area (Å²) in [5.74, 6) is -0.0349. The average Bonchev–Trinajstić information content (AvgIpc) is 2.28. The zero-order valence-electron chi connectivity index (χ0n) is 9.67. The number of aromatic nitrogens is 1. The van der Waals surface area contributed by atoms with E-state index < -0.39 is 11.7 Å². The Kier molecular flexibility index (Phi) is 4.74. The van der Waals surface area contributed by atoms with Crippen molar-refractivity contribution in [1.82, 2.24) is 4.98 Å². The van der Waals surface area contributed by atoms with Crippen LogP contribution in [0.15, 0.2) is 18.3 Å². The van der Waals surface area contributed by atoms with Crippen LogP contribution in [0, 0.1) is 0 Å². The summed E-state index contributed by atoms with van der Waals surface area (Å²) in [5, 5.41) is 0. The maximum absolute atomic E-state index is 12.8. The molecular formula is C11H16F3N3. The van der Waals surface area contributed by atoms with E-state index in [-0.39, 0.29) is 5.82 Å². The highest BCUT2D eigenvalue weighted by atomic mass is 19.4. The Hall–Kier alpha value is -1.30. The van der Waals surface area contributed by atoms with Gasteiger partial charge in [0, 0.05) is 25.8 Å². The first-order chi connectivity index (χ1) is 8.00. The Morgan fingerprint density at radius 1 is 1.35 bits per heavy atom. The van der Waals surface area contributed by atoms with Crippen LogP contribution >= 0.6 is 0 Å². The van der Waals surface area contributed by atoms with Gasteiger partial charge in [0.1, 0.15) is 5.82 Å². The molecule has 0 radical (unpaired) electrons. The van der Waals surface area contributed by atoms with Gasteiger partial charge < -0.3 is 10.6 Å². The molecule has 0 aliphatic carbocycles. The van der Waals surface area contributed by atoms with E-state index in [9.17, 15) is 13.2 Å². The molecule has 0 saturated carbocycles. The van der Waals surface area contributed by atoms with E-state index in [1.54, 1.807) is 4.90 Å². The van der Waals surface area contributed by atoms with Crippen LogP contribution < -0.4 is 10.6 Å². The van der Waals surface area contributed by atoms with Crippen LogP contribution in [0.2, 0.25) is 0 Å². The number of hydrogen-bond acceptors (Lipinski definition) is 3. The summed E-state index contributed by atoms with van der Waals surface area (Å²) in [7, 11) is 0. The predicted octanol–water partition coefficient (Wildman–Crippen LogP) is 2.28. The second kappa shape index (κ2) is 5.86.